The summed E-state index contributed by atoms with van der Waals surface area (Å²) in [7, 11) is 0. The zero-order valence-corrected chi connectivity index (χ0v) is 18.7. The molecule has 4 saturated heterocycles. The van der Waals surface area contributed by atoms with Gasteiger partial charge >= 0.3 is 0 Å². The Bertz CT molecular complexity index is 546. The summed E-state index contributed by atoms with van der Waals surface area (Å²) in [5.41, 5.74) is 0.431. The van der Waals surface area contributed by atoms with Crippen LogP contribution in [0, 0.1) is 11.3 Å². The van der Waals surface area contributed by atoms with Crippen molar-refractivity contribution >= 4 is 36.6 Å². The fourth-order valence-electron chi connectivity index (χ4n) is 5.57. The van der Waals surface area contributed by atoms with Crippen LogP contribution in [-0.2, 0) is 9.59 Å². The Morgan fingerprint density at radius 3 is 2.57 bits per heavy atom. The van der Waals surface area contributed by atoms with E-state index in [2.05, 4.69) is 17.1 Å². The van der Waals surface area contributed by atoms with E-state index in [0.29, 0.717) is 24.4 Å². The highest BCUT2D eigenvalue weighted by Gasteiger charge is 2.42. The predicted octanol–water partition coefficient (Wildman–Crippen LogP) is 1.76. The first kappa shape index (κ1) is 23.7. The van der Waals surface area contributed by atoms with E-state index in [-0.39, 0.29) is 42.5 Å². The number of nitrogens with one attached hydrogen (secondary N) is 1. The molecule has 4 aliphatic rings. The maximum absolute atomic E-state index is 13.0. The van der Waals surface area contributed by atoms with Crippen LogP contribution in [0.4, 0.5) is 0 Å². The number of halogens is 2. The number of carbonyl (C=O) groups is 2. The van der Waals surface area contributed by atoms with Crippen molar-refractivity contribution in [1.29, 1.82) is 0 Å². The van der Waals surface area contributed by atoms with Crippen molar-refractivity contribution in [3.8, 4) is 0 Å². The van der Waals surface area contributed by atoms with Crippen LogP contribution in [0.5, 0.6) is 0 Å². The number of nitrogens with zero attached hydrogens (tertiary/aromatic N) is 3. The van der Waals surface area contributed by atoms with Crippen LogP contribution in [0.15, 0.2) is 0 Å². The minimum atomic E-state index is -0.116. The molecule has 6 nitrogen and oxygen atoms in total. The summed E-state index contributed by atoms with van der Waals surface area (Å²) in [5.74, 6) is 0.287. The first-order valence-electron chi connectivity index (χ1n) is 10.6. The summed E-state index contributed by atoms with van der Waals surface area (Å²) in [5, 5.41) is 3.48. The van der Waals surface area contributed by atoms with Gasteiger partial charge in [0, 0.05) is 45.2 Å². The quantitative estimate of drug-likeness (QED) is 0.732. The summed E-state index contributed by atoms with van der Waals surface area (Å²) >= 11 is 0. The summed E-state index contributed by atoms with van der Waals surface area (Å²) in [6.45, 7) is 9.82. The minimum absolute atomic E-state index is 0. The summed E-state index contributed by atoms with van der Waals surface area (Å²) in [4.78, 5) is 31.9. The van der Waals surface area contributed by atoms with E-state index in [1.807, 2.05) is 9.80 Å². The summed E-state index contributed by atoms with van der Waals surface area (Å²) < 4.78 is 0. The molecular weight excluding hydrogens is 399 g/mol. The summed E-state index contributed by atoms with van der Waals surface area (Å²) in [6.07, 6.45) is 6.31. The van der Waals surface area contributed by atoms with Crippen molar-refractivity contribution in [2.75, 3.05) is 52.4 Å². The van der Waals surface area contributed by atoms with Crippen LogP contribution >= 0.6 is 24.8 Å². The molecule has 28 heavy (non-hydrogen) atoms. The Morgan fingerprint density at radius 1 is 1.18 bits per heavy atom. The Balaban J connectivity index is 0.00000140. The van der Waals surface area contributed by atoms with Gasteiger partial charge in [-0.25, -0.2) is 0 Å². The van der Waals surface area contributed by atoms with Gasteiger partial charge in [-0.1, -0.05) is 6.92 Å². The van der Waals surface area contributed by atoms with Crippen LogP contribution in [-0.4, -0.2) is 84.9 Å². The lowest BCUT2D eigenvalue weighted by Crippen LogP contribution is -2.46. The van der Waals surface area contributed by atoms with Crippen LogP contribution < -0.4 is 5.32 Å². The van der Waals surface area contributed by atoms with Gasteiger partial charge in [0.1, 0.15) is 0 Å². The standard InChI is InChI=1S/C20H34N4O2.2ClH/c1-2-22-9-3-4-17(22)14-24-13-16(12-18(24)25)19(26)23-10-6-20(7-11-23)5-8-21-15-20;;/h16-17,21H,2-15H2,1H3;2*1H. The molecule has 1 N–H and O–H groups in total. The average Bonchev–Trinajstić information content (AvgIpc) is 3.37. The van der Waals surface area contributed by atoms with Crippen molar-refractivity contribution < 1.29 is 9.59 Å². The molecule has 0 aromatic heterocycles. The van der Waals surface area contributed by atoms with Crippen LogP contribution in [0.3, 0.4) is 0 Å². The number of hydrogen-bond acceptors (Lipinski definition) is 4. The lowest BCUT2D eigenvalue weighted by Gasteiger charge is -2.39. The van der Waals surface area contributed by atoms with Gasteiger partial charge in [-0.3, -0.25) is 14.5 Å². The lowest BCUT2D eigenvalue weighted by molar-refractivity contribution is -0.138. The molecule has 4 fully saturated rings. The number of likely N-dealkylation sites (tertiary alicyclic amines) is 3. The van der Waals surface area contributed by atoms with Crippen molar-refractivity contribution in [3.05, 3.63) is 0 Å². The molecule has 0 radical (unpaired) electrons. The zero-order chi connectivity index (χ0) is 18.1. The smallest absolute Gasteiger partial charge is 0.227 e. The first-order chi connectivity index (χ1) is 12.6. The Kier molecular flexibility index (Phi) is 8.44. The molecule has 0 aliphatic carbocycles. The molecule has 8 heteroatoms. The molecule has 2 atom stereocenters. The van der Waals surface area contributed by atoms with E-state index in [1.54, 1.807) is 0 Å². The van der Waals surface area contributed by atoms with Gasteiger partial charge in [0.2, 0.25) is 11.8 Å². The number of piperidine rings is 1. The predicted molar refractivity (Wildman–Crippen MR) is 115 cm³/mol. The minimum Gasteiger partial charge on any atom is -0.342 e. The van der Waals surface area contributed by atoms with Gasteiger partial charge in [0.25, 0.3) is 0 Å². The first-order valence-corrected chi connectivity index (χ1v) is 10.6. The van der Waals surface area contributed by atoms with E-state index in [1.165, 1.54) is 19.3 Å². The number of likely N-dealkylation sites (N-methyl/N-ethyl adjacent to an activating group) is 1. The molecule has 4 heterocycles. The van der Waals surface area contributed by atoms with Gasteiger partial charge in [0.05, 0.1) is 5.92 Å². The van der Waals surface area contributed by atoms with E-state index >= 15 is 0 Å². The normalized spacial score (nSPS) is 29.8. The topological polar surface area (TPSA) is 55.9 Å². The lowest BCUT2D eigenvalue weighted by atomic mass is 9.77. The molecule has 1 spiro atoms. The van der Waals surface area contributed by atoms with Gasteiger partial charge in [-0.15, -0.1) is 24.8 Å². The second-order valence-electron chi connectivity index (χ2n) is 8.88. The number of rotatable bonds is 4. The molecule has 4 aliphatic heterocycles. The maximum atomic E-state index is 13.0. The molecule has 0 saturated carbocycles. The molecule has 0 aromatic carbocycles. The summed E-state index contributed by atoms with van der Waals surface area (Å²) in [6, 6.07) is 0.488. The third-order valence-electron chi connectivity index (χ3n) is 7.37. The van der Waals surface area contributed by atoms with E-state index in [9.17, 15) is 9.59 Å². The number of amides is 2. The third kappa shape index (κ3) is 4.77. The average molecular weight is 435 g/mol. The molecule has 4 rings (SSSR count). The van der Waals surface area contributed by atoms with E-state index in [0.717, 1.165) is 58.7 Å². The molecular formula is C20H36Cl2N4O2. The fraction of sp³-hybridized carbons (Fsp3) is 0.900. The van der Waals surface area contributed by atoms with E-state index < -0.39 is 0 Å². The second kappa shape index (κ2) is 9.96. The maximum Gasteiger partial charge on any atom is 0.227 e. The van der Waals surface area contributed by atoms with Crippen molar-refractivity contribution in [3.63, 3.8) is 0 Å². The molecule has 162 valence electrons. The SMILES string of the molecule is CCN1CCCC1CN1CC(C(=O)N2CCC3(CCNC3)CC2)CC1=O.Cl.Cl. The van der Waals surface area contributed by atoms with Gasteiger partial charge < -0.3 is 15.1 Å². The second-order valence-corrected chi connectivity index (χ2v) is 8.88. The number of carbonyl (C=O) groups excluding carboxylic acids is 2. The van der Waals surface area contributed by atoms with Gasteiger partial charge in [0.15, 0.2) is 0 Å². The Morgan fingerprint density at radius 2 is 1.93 bits per heavy atom. The Labute approximate surface area is 181 Å². The molecule has 2 unspecified atom stereocenters. The molecule has 0 aromatic rings. The van der Waals surface area contributed by atoms with Crippen molar-refractivity contribution in [2.45, 2.75) is 51.5 Å². The van der Waals surface area contributed by atoms with Gasteiger partial charge in [-0.2, -0.15) is 0 Å². The fourth-order valence-corrected chi connectivity index (χ4v) is 5.57. The Hall–Kier alpha value is -0.560. The van der Waals surface area contributed by atoms with Gasteiger partial charge in [-0.05, 0) is 57.2 Å². The monoisotopic (exact) mass is 434 g/mol. The molecule has 0 bridgehead atoms. The van der Waals surface area contributed by atoms with Crippen molar-refractivity contribution in [2.24, 2.45) is 11.3 Å². The largest absolute Gasteiger partial charge is 0.342 e. The van der Waals surface area contributed by atoms with Crippen LogP contribution in [0.25, 0.3) is 0 Å². The highest BCUT2D eigenvalue weighted by Crippen LogP contribution is 2.37. The zero-order valence-electron chi connectivity index (χ0n) is 17.0. The third-order valence-corrected chi connectivity index (χ3v) is 7.37. The van der Waals surface area contributed by atoms with E-state index in [4.69, 9.17) is 0 Å². The van der Waals surface area contributed by atoms with Crippen LogP contribution in [0.2, 0.25) is 0 Å². The highest BCUT2D eigenvalue weighted by molar-refractivity contribution is 5.89. The van der Waals surface area contributed by atoms with Crippen molar-refractivity contribution in [1.82, 2.24) is 20.0 Å². The van der Waals surface area contributed by atoms with Crippen LogP contribution in [0.1, 0.15) is 45.4 Å². The number of hydrogen-bond donors (Lipinski definition) is 1. The highest BCUT2D eigenvalue weighted by atomic mass is 35.5. The molecule has 2 amide bonds.